The number of hydrogen-bond acceptors (Lipinski definition) is 4. The standard InChI is InChI=1S/C9H17NO2S2/c11-14(12)5-1-2-9(14)6-10-8-3-4-13-7-8/h8-10H,1-7H2. The molecule has 0 bridgehead atoms. The van der Waals surface area contributed by atoms with Gasteiger partial charge in [0.2, 0.25) is 0 Å². The summed E-state index contributed by atoms with van der Waals surface area (Å²) in [7, 11) is -2.75. The quantitative estimate of drug-likeness (QED) is 0.780. The zero-order valence-electron chi connectivity index (χ0n) is 8.24. The zero-order valence-corrected chi connectivity index (χ0v) is 9.87. The normalized spacial score (nSPS) is 36.3. The van der Waals surface area contributed by atoms with Crippen molar-refractivity contribution in [2.24, 2.45) is 0 Å². The third-order valence-corrected chi connectivity index (χ3v) is 6.46. The van der Waals surface area contributed by atoms with Crippen LogP contribution >= 0.6 is 11.8 Å². The summed E-state index contributed by atoms with van der Waals surface area (Å²) in [6, 6.07) is 0.552. The van der Waals surface area contributed by atoms with Gasteiger partial charge in [0.15, 0.2) is 9.84 Å². The molecule has 0 aromatic carbocycles. The van der Waals surface area contributed by atoms with E-state index < -0.39 is 9.84 Å². The smallest absolute Gasteiger partial charge is 0.154 e. The Hall–Kier alpha value is 0.260. The van der Waals surface area contributed by atoms with Gasteiger partial charge in [0.25, 0.3) is 0 Å². The fourth-order valence-corrected chi connectivity index (χ4v) is 5.05. The highest BCUT2D eigenvalue weighted by Gasteiger charge is 2.31. The van der Waals surface area contributed by atoms with Crippen LogP contribution in [0.3, 0.4) is 0 Å². The van der Waals surface area contributed by atoms with Crippen LogP contribution in [-0.2, 0) is 9.84 Å². The molecule has 1 N–H and O–H groups in total. The Morgan fingerprint density at radius 2 is 2.21 bits per heavy atom. The average Bonchev–Trinajstić information content (AvgIpc) is 2.71. The number of rotatable bonds is 3. The summed E-state index contributed by atoms with van der Waals surface area (Å²) in [6.07, 6.45) is 2.90. The second kappa shape index (κ2) is 4.41. The minimum absolute atomic E-state index is 0.104. The molecule has 0 radical (unpaired) electrons. The Balaban J connectivity index is 1.80. The van der Waals surface area contributed by atoms with Gasteiger partial charge in [-0.3, -0.25) is 0 Å². The molecule has 82 valence electrons. The third-order valence-electron chi connectivity index (χ3n) is 3.03. The van der Waals surface area contributed by atoms with Crippen LogP contribution in [0.15, 0.2) is 0 Å². The highest BCUT2D eigenvalue weighted by Crippen LogP contribution is 2.21. The van der Waals surface area contributed by atoms with Crippen molar-refractivity contribution < 1.29 is 8.42 Å². The Morgan fingerprint density at radius 3 is 2.79 bits per heavy atom. The molecule has 0 aromatic heterocycles. The van der Waals surface area contributed by atoms with Crippen molar-refractivity contribution in [3.63, 3.8) is 0 Å². The van der Waals surface area contributed by atoms with Gasteiger partial charge in [0.05, 0.1) is 11.0 Å². The van der Waals surface area contributed by atoms with E-state index >= 15 is 0 Å². The van der Waals surface area contributed by atoms with E-state index in [2.05, 4.69) is 5.32 Å². The summed E-state index contributed by atoms with van der Waals surface area (Å²) < 4.78 is 23.0. The molecule has 2 fully saturated rings. The van der Waals surface area contributed by atoms with E-state index in [1.54, 1.807) is 0 Å². The van der Waals surface area contributed by atoms with Crippen molar-refractivity contribution in [1.29, 1.82) is 0 Å². The molecule has 0 aliphatic carbocycles. The lowest BCUT2D eigenvalue weighted by molar-refractivity contribution is 0.529. The molecule has 2 aliphatic rings. The molecule has 0 saturated carbocycles. The summed E-state index contributed by atoms with van der Waals surface area (Å²) in [4.78, 5) is 0. The van der Waals surface area contributed by atoms with E-state index in [0.717, 1.165) is 18.6 Å². The summed E-state index contributed by atoms with van der Waals surface area (Å²) in [5, 5.41) is 3.28. The van der Waals surface area contributed by atoms with Crippen LogP contribution in [0.5, 0.6) is 0 Å². The van der Waals surface area contributed by atoms with Crippen LogP contribution in [0, 0.1) is 0 Å². The number of sulfone groups is 1. The fourth-order valence-electron chi connectivity index (χ4n) is 2.08. The van der Waals surface area contributed by atoms with E-state index in [0.29, 0.717) is 18.3 Å². The predicted octanol–water partition coefficient (Wildman–Crippen LogP) is 0.659. The first-order valence-corrected chi connectivity index (χ1v) is 8.08. The van der Waals surface area contributed by atoms with Crippen molar-refractivity contribution in [3.8, 4) is 0 Å². The molecule has 2 heterocycles. The topological polar surface area (TPSA) is 46.2 Å². The van der Waals surface area contributed by atoms with Gasteiger partial charge < -0.3 is 5.32 Å². The first kappa shape index (κ1) is 10.8. The van der Waals surface area contributed by atoms with Crippen molar-refractivity contribution in [2.75, 3.05) is 23.8 Å². The fraction of sp³-hybridized carbons (Fsp3) is 1.00. The lowest BCUT2D eigenvalue weighted by Gasteiger charge is -2.14. The van der Waals surface area contributed by atoms with Crippen LogP contribution in [0.1, 0.15) is 19.3 Å². The lowest BCUT2D eigenvalue weighted by Crippen LogP contribution is -2.37. The average molecular weight is 235 g/mol. The van der Waals surface area contributed by atoms with E-state index in [9.17, 15) is 8.42 Å². The minimum Gasteiger partial charge on any atom is -0.312 e. The first-order chi connectivity index (χ1) is 6.68. The Bertz CT molecular complexity index is 283. The van der Waals surface area contributed by atoms with Gasteiger partial charge in [-0.15, -0.1) is 0 Å². The number of nitrogens with one attached hydrogen (secondary N) is 1. The van der Waals surface area contributed by atoms with Crippen LogP contribution in [0.4, 0.5) is 0 Å². The van der Waals surface area contributed by atoms with Gasteiger partial charge in [-0.05, 0) is 25.0 Å². The summed E-state index contributed by atoms with van der Waals surface area (Å²) in [6.45, 7) is 0.674. The van der Waals surface area contributed by atoms with Gasteiger partial charge in [-0.2, -0.15) is 11.8 Å². The molecule has 2 unspecified atom stereocenters. The minimum atomic E-state index is -2.75. The molecular weight excluding hydrogens is 218 g/mol. The number of hydrogen-bond donors (Lipinski definition) is 1. The van der Waals surface area contributed by atoms with E-state index in [1.165, 1.54) is 12.2 Å². The highest BCUT2D eigenvalue weighted by molar-refractivity contribution is 7.99. The van der Waals surface area contributed by atoms with Gasteiger partial charge in [-0.25, -0.2) is 8.42 Å². The third kappa shape index (κ3) is 2.44. The van der Waals surface area contributed by atoms with Crippen LogP contribution in [0.2, 0.25) is 0 Å². The van der Waals surface area contributed by atoms with Crippen molar-refractivity contribution in [3.05, 3.63) is 0 Å². The second-order valence-electron chi connectivity index (χ2n) is 4.10. The zero-order chi connectivity index (χ0) is 10.0. The Labute approximate surface area is 89.9 Å². The van der Waals surface area contributed by atoms with Gasteiger partial charge in [0, 0.05) is 18.3 Å². The molecule has 3 nitrogen and oxygen atoms in total. The molecule has 0 spiro atoms. The monoisotopic (exact) mass is 235 g/mol. The van der Waals surface area contributed by atoms with Gasteiger partial charge >= 0.3 is 0 Å². The van der Waals surface area contributed by atoms with Gasteiger partial charge in [-0.1, -0.05) is 0 Å². The van der Waals surface area contributed by atoms with Crippen molar-refractivity contribution in [1.82, 2.24) is 5.32 Å². The Kier molecular flexibility index (Phi) is 3.39. The first-order valence-electron chi connectivity index (χ1n) is 5.21. The maximum atomic E-state index is 11.5. The molecule has 14 heavy (non-hydrogen) atoms. The maximum Gasteiger partial charge on any atom is 0.154 e. The van der Waals surface area contributed by atoms with E-state index in [1.807, 2.05) is 11.8 Å². The molecule has 2 atom stereocenters. The molecule has 2 saturated heterocycles. The summed E-state index contributed by atoms with van der Waals surface area (Å²) in [5.41, 5.74) is 0. The largest absolute Gasteiger partial charge is 0.312 e. The van der Waals surface area contributed by atoms with Crippen LogP contribution < -0.4 is 5.32 Å². The number of thioether (sulfide) groups is 1. The van der Waals surface area contributed by atoms with Crippen LogP contribution in [0.25, 0.3) is 0 Å². The molecular formula is C9H17NO2S2. The second-order valence-corrected chi connectivity index (χ2v) is 7.65. The van der Waals surface area contributed by atoms with Crippen LogP contribution in [-0.4, -0.2) is 43.5 Å². The van der Waals surface area contributed by atoms with Crippen molar-refractivity contribution >= 4 is 21.6 Å². The summed E-state index contributed by atoms with van der Waals surface area (Å²) >= 11 is 1.95. The SMILES string of the molecule is O=S1(=O)CCCC1CNC1CCSC1. The molecule has 2 aliphatic heterocycles. The predicted molar refractivity (Wildman–Crippen MR) is 60.5 cm³/mol. The highest BCUT2D eigenvalue weighted by atomic mass is 32.2. The Morgan fingerprint density at radius 1 is 1.36 bits per heavy atom. The van der Waals surface area contributed by atoms with Crippen molar-refractivity contribution in [2.45, 2.75) is 30.6 Å². The molecule has 5 heteroatoms. The van der Waals surface area contributed by atoms with E-state index in [-0.39, 0.29) is 5.25 Å². The molecule has 0 amide bonds. The molecule has 2 rings (SSSR count). The van der Waals surface area contributed by atoms with Gasteiger partial charge in [0.1, 0.15) is 0 Å². The van der Waals surface area contributed by atoms with E-state index in [4.69, 9.17) is 0 Å². The molecule has 0 aromatic rings. The lowest BCUT2D eigenvalue weighted by atomic mass is 10.2. The summed E-state index contributed by atoms with van der Waals surface area (Å²) in [5.74, 6) is 2.76. The maximum absolute atomic E-state index is 11.5.